The summed E-state index contributed by atoms with van der Waals surface area (Å²) in [6.07, 6.45) is 8.16. The van der Waals surface area contributed by atoms with Crippen LogP contribution in [0.5, 0.6) is 17.5 Å². The second-order valence-corrected chi connectivity index (χ2v) is 16.6. The average Bonchev–Trinajstić information content (AvgIpc) is 3.80. The van der Waals surface area contributed by atoms with Gasteiger partial charge in [-0.3, -0.25) is 4.90 Å². The molecule has 314 valence electrons. The number of rotatable bonds is 10. The zero-order valence-corrected chi connectivity index (χ0v) is 36.1. The van der Waals surface area contributed by atoms with Crippen LogP contribution in [-0.4, -0.2) is 115 Å². The summed E-state index contributed by atoms with van der Waals surface area (Å²) < 4.78 is 22.5. The first kappa shape index (κ1) is 42.6. The molecule has 5 heterocycles. The van der Waals surface area contributed by atoms with E-state index < -0.39 is 5.60 Å². The Hall–Kier alpha value is -5.04. The van der Waals surface area contributed by atoms with E-state index in [1.165, 1.54) is 25.9 Å². The van der Waals surface area contributed by atoms with Gasteiger partial charge in [0.2, 0.25) is 0 Å². The van der Waals surface area contributed by atoms with E-state index in [0.29, 0.717) is 32.2 Å². The van der Waals surface area contributed by atoms with Crippen molar-refractivity contribution < 1.29 is 23.7 Å². The normalized spacial score (nSPS) is 19.6. The van der Waals surface area contributed by atoms with Gasteiger partial charge in [0, 0.05) is 48.9 Å². The van der Waals surface area contributed by atoms with Crippen molar-refractivity contribution in [3.05, 3.63) is 82.3 Å². The van der Waals surface area contributed by atoms with Crippen LogP contribution < -0.4 is 24.4 Å². The molecule has 4 aliphatic rings. The highest BCUT2D eigenvalue weighted by Gasteiger charge is 2.45. The number of piperazine rings is 1. The van der Waals surface area contributed by atoms with Gasteiger partial charge in [0.05, 0.1) is 45.7 Å². The van der Waals surface area contributed by atoms with E-state index in [1.54, 1.807) is 21.3 Å². The Bertz CT molecular complexity index is 1920. The Morgan fingerprint density at radius 1 is 0.966 bits per heavy atom. The van der Waals surface area contributed by atoms with Crippen LogP contribution in [0.4, 0.5) is 10.6 Å². The number of anilines is 1. The van der Waals surface area contributed by atoms with Crippen LogP contribution in [0.2, 0.25) is 0 Å². The van der Waals surface area contributed by atoms with Gasteiger partial charge in [0.15, 0.2) is 0 Å². The van der Waals surface area contributed by atoms with Gasteiger partial charge < -0.3 is 39.0 Å². The van der Waals surface area contributed by atoms with E-state index in [9.17, 15) is 4.79 Å². The molecule has 1 amide bonds. The Labute approximate surface area is 345 Å². The standard InChI is InChI=1S/C40H53N7O5.C5H11N/c1-9-12-35(41-22-27-15-18-30(49-6)21-34(27)50-7)43-36(31-14-11-10-13-26(31)2)45-20-19-32-33(25-45)42-38(51-8)44-37(32)46-23-28-16-17-29(24-46)47(28)39(48)52-40(3,4)5;1-6-4-2-3-5-6/h10-15,18,21,28-29,41H,9,16-17,19-20,22-25H2,1-8H3;2-5H2,1H3/b35-12+,43-36+;. The number of amides is 1. The second-order valence-electron chi connectivity index (χ2n) is 16.6. The molecule has 58 heavy (non-hydrogen) atoms. The van der Waals surface area contributed by atoms with Crippen LogP contribution in [-0.2, 0) is 24.2 Å². The summed E-state index contributed by atoms with van der Waals surface area (Å²) in [6.45, 7) is 15.8. The molecule has 2 atom stereocenters. The summed E-state index contributed by atoms with van der Waals surface area (Å²) in [7, 11) is 7.10. The number of benzene rings is 2. The lowest BCUT2D eigenvalue weighted by atomic mass is 10.0. The monoisotopic (exact) mass is 796 g/mol. The topological polar surface area (TPSA) is 117 Å². The number of aliphatic imine (C=N–C) groups is 1. The molecule has 3 fully saturated rings. The number of hydrogen-bond donors (Lipinski definition) is 1. The Morgan fingerprint density at radius 2 is 1.69 bits per heavy atom. The van der Waals surface area contributed by atoms with Gasteiger partial charge in [0.1, 0.15) is 34.6 Å². The molecule has 4 aliphatic heterocycles. The lowest BCUT2D eigenvalue weighted by molar-refractivity contribution is 0.0122. The fraction of sp³-hybridized carbons (Fsp3) is 0.556. The molecule has 0 saturated carbocycles. The fourth-order valence-corrected chi connectivity index (χ4v) is 8.26. The number of nitrogens with one attached hydrogen (secondary N) is 1. The molecule has 0 spiro atoms. The second kappa shape index (κ2) is 19.1. The van der Waals surface area contributed by atoms with Crippen LogP contribution in [0.15, 0.2) is 59.4 Å². The van der Waals surface area contributed by atoms with E-state index in [-0.39, 0.29) is 18.2 Å². The maximum Gasteiger partial charge on any atom is 0.410 e. The predicted octanol–water partition coefficient (Wildman–Crippen LogP) is 6.96. The SMILES string of the molecule is CC/C=C(/N=C(\c1ccccc1C)N1CCc2c(nc(OC)nc2N2CC3CCC(C2)N3C(=O)OC(C)(C)C)C1)NCc1ccc(OC)cc1OC.CN1CCCC1. The number of fused-ring (bicyclic) bond motifs is 3. The number of hydrogen-bond acceptors (Lipinski definition) is 11. The van der Waals surface area contributed by atoms with Crippen molar-refractivity contribution in [2.24, 2.45) is 4.99 Å². The highest BCUT2D eigenvalue weighted by molar-refractivity contribution is 6.00. The van der Waals surface area contributed by atoms with Gasteiger partial charge in [-0.2, -0.15) is 9.97 Å². The van der Waals surface area contributed by atoms with Gasteiger partial charge in [-0.15, -0.1) is 0 Å². The summed E-state index contributed by atoms with van der Waals surface area (Å²) in [5.74, 6) is 4.05. The molecule has 3 aromatic rings. The minimum absolute atomic E-state index is 0.0687. The summed E-state index contributed by atoms with van der Waals surface area (Å²) in [5, 5.41) is 3.57. The largest absolute Gasteiger partial charge is 0.497 e. The van der Waals surface area contributed by atoms with Crippen molar-refractivity contribution >= 4 is 17.7 Å². The number of aromatic nitrogens is 2. The maximum absolute atomic E-state index is 13.2. The summed E-state index contributed by atoms with van der Waals surface area (Å²) in [4.78, 5) is 37.3. The molecule has 1 N–H and O–H groups in total. The molecule has 0 radical (unpaired) electrons. The Kier molecular flexibility index (Phi) is 14.0. The van der Waals surface area contributed by atoms with Crippen molar-refractivity contribution in [2.45, 2.75) is 104 Å². The lowest BCUT2D eigenvalue weighted by Gasteiger charge is -2.43. The van der Waals surface area contributed by atoms with E-state index >= 15 is 0 Å². The molecule has 7 rings (SSSR count). The lowest BCUT2D eigenvalue weighted by Crippen LogP contribution is -2.57. The first-order chi connectivity index (χ1) is 27.9. The highest BCUT2D eigenvalue weighted by atomic mass is 16.6. The quantitative estimate of drug-likeness (QED) is 0.170. The number of ether oxygens (including phenoxy) is 4. The van der Waals surface area contributed by atoms with E-state index in [1.807, 2.05) is 43.9 Å². The van der Waals surface area contributed by atoms with Crippen LogP contribution >= 0.6 is 0 Å². The number of carbonyl (C=O) groups is 1. The Balaban J connectivity index is 0.000000865. The van der Waals surface area contributed by atoms with Crippen LogP contribution in [0, 0.1) is 6.92 Å². The molecule has 13 nitrogen and oxygen atoms in total. The molecule has 0 aliphatic carbocycles. The van der Waals surface area contributed by atoms with Gasteiger partial charge in [-0.05, 0) is 110 Å². The number of carbonyl (C=O) groups excluding carboxylic acids is 1. The molecular weight excluding hydrogens is 733 g/mol. The highest BCUT2D eigenvalue weighted by Crippen LogP contribution is 2.37. The minimum atomic E-state index is -0.535. The van der Waals surface area contributed by atoms with E-state index in [0.717, 1.165) is 89.1 Å². The predicted molar refractivity (Wildman–Crippen MR) is 229 cm³/mol. The zero-order chi connectivity index (χ0) is 41.4. The molecular formula is C45H64N8O5. The van der Waals surface area contributed by atoms with Crippen LogP contribution in [0.1, 0.15) is 87.7 Å². The van der Waals surface area contributed by atoms with Gasteiger partial charge >= 0.3 is 12.1 Å². The van der Waals surface area contributed by atoms with E-state index in [4.69, 9.17) is 33.9 Å². The number of methoxy groups -OCH3 is 3. The van der Waals surface area contributed by atoms with Crippen LogP contribution in [0.3, 0.4) is 0 Å². The molecule has 3 saturated heterocycles. The van der Waals surface area contributed by atoms with Crippen molar-refractivity contribution in [1.29, 1.82) is 0 Å². The number of likely N-dealkylation sites (tertiary alicyclic amines) is 1. The number of allylic oxidation sites excluding steroid dienone is 1. The molecule has 1 aromatic heterocycles. The maximum atomic E-state index is 13.2. The summed E-state index contributed by atoms with van der Waals surface area (Å²) in [5.41, 5.74) is 4.72. The fourth-order valence-electron chi connectivity index (χ4n) is 8.26. The number of amidine groups is 1. The molecule has 2 aromatic carbocycles. The number of nitrogens with zero attached hydrogens (tertiary/aromatic N) is 7. The average molecular weight is 797 g/mol. The first-order valence-corrected chi connectivity index (χ1v) is 20.8. The Morgan fingerprint density at radius 3 is 2.29 bits per heavy atom. The zero-order valence-electron chi connectivity index (χ0n) is 36.1. The smallest absolute Gasteiger partial charge is 0.410 e. The van der Waals surface area contributed by atoms with Gasteiger partial charge in [0.25, 0.3) is 0 Å². The third-order valence-corrected chi connectivity index (χ3v) is 11.2. The summed E-state index contributed by atoms with van der Waals surface area (Å²) in [6, 6.07) is 14.7. The third-order valence-electron chi connectivity index (χ3n) is 11.2. The van der Waals surface area contributed by atoms with Gasteiger partial charge in [-0.25, -0.2) is 9.79 Å². The van der Waals surface area contributed by atoms with Crippen molar-refractivity contribution in [3.8, 4) is 17.5 Å². The first-order valence-electron chi connectivity index (χ1n) is 20.8. The van der Waals surface area contributed by atoms with Crippen molar-refractivity contribution in [2.75, 3.05) is 66.0 Å². The van der Waals surface area contributed by atoms with Gasteiger partial charge in [-0.1, -0.05) is 31.2 Å². The summed E-state index contributed by atoms with van der Waals surface area (Å²) >= 11 is 0. The van der Waals surface area contributed by atoms with E-state index in [2.05, 4.69) is 71.3 Å². The third kappa shape index (κ3) is 10.3. The van der Waals surface area contributed by atoms with Crippen molar-refractivity contribution in [3.63, 3.8) is 0 Å². The molecule has 13 heteroatoms. The van der Waals surface area contributed by atoms with Crippen molar-refractivity contribution in [1.82, 2.24) is 30.0 Å². The minimum Gasteiger partial charge on any atom is -0.497 e. The molecule has 2 bridgehead atoms. The molecule has 2 unspecified atom stereocenters. The number of aryl methyl sites for hydroxylation is 1. The van der Waals surface area contributed by atoms with Crippen LogP contribution in [0.25, 0.3) is 0 Å².